The molecule has 0 N–H and O–H groups in total. The van der Waals surface area contributed by atoms with Gasteiger partial charge in [0.05, 0.1) is 12.6 Å². The van der Waals surface area contributed by atoms with E-state index in [0.29, 0.717) is 6.83 Å². The quantitative estimate of drug-likeness (QED) is 0.390. The maximum absolute atomic E-state index is 11.9. The van der Waals surface area contributed by atoms with Crippen LogP contribution in [0.1, 0.15) is 5.56 Å². The number of allylic oxidation sites excluding steroid dienone is 1. The van der Waals surface area contributed by atoms with Crippen LogP contribution >= 0.6 is 45.2 Å². The Morgan fingerprint density at radius 3 is 2.31 bits per heavy atom. The van der Waals surface area contributed by atoms with Crippen molar-refractivity contribution in [2.75, 3.05) is 5.75 Å². The van der Waals surface area contributed by atoms with Gasteiger partial charge in [0.15, 0.2) is 9.84 Å². The highest BCUT2D eigenvalue weighted by molar-refractivity contribution is 14.2. The number of hydrogen-bond acceptors (Lipinski definition) is 2. The van der Waals surface area contributed by atoms with Gasteiger partial charge in [-0.2, -0.15) is 0 Å². The van der Waals surface area contributed by atoms with Crippen molar-refractivity contribution in [2.45, 2.75) is 13.8 Å². The molecule has 0 amide bonds. The summed E-state index contributed by atoms with van der Waals surface area (Å²) in [7, 11) is -3.17. The summed E-state index contributed by atoms with van der Waals surface area (Å²) in [6.07, 6.45) is 3.59. The Morgan fingerprint density at radius 2 is 1.81 bits per heavy atom. The van der Waals surface area contributed by atoms with Crippen molar-refractivity contribution in [1.82, 2.24) is 0 Å². The zero-order valence-corrected chi connectivity index (χ0v) is 13.9. The molecule has 5 heteroatoms. The fourth-order valence-electron chi connectivity index (χ4n) is 1.13. The molecule has 0 heterocycles. The lowest BCUT2D eigenvalue weighted by molar-refractivity contribution is 0.599. The Balaban J connectivity index is 2.82. The third-order valence-corrected chi connectivity index (χ3v) is 4.43. The molecule has 0 radical (unpaired) electrons. The summed E-state index contributed by atoms with van der Waals surface area (Å²) >= 11 is 4.44. The molecule has 0 saturated heterocycles. The first-order valence-corrected chi connectivity index (χ1v) is 8.80. The van der Waals surface area contributed by atoms with Gasteiger partial charge < -0.3 is 0 Å². The van der Waals surface area contributed by atoms with Crippen LogP contribution in [0.3, 0.4) is 0 Å². The lowest BCUT2D eigenvalue weighted by atomic mass is 10.2. The van der Waals surface area contributed by atoms with Gasteiger partial charge in [0.2, 0.25) is 0 Å². The summed E-state index contributed by atoms with van der Waals surface area (Å²) in [5, 5.41) is 0. The number of halogens is 2. The maximum atomic E-state index is 11.9. The summed E-state index contributed by atoms with van der Waals surface area (Å²) in [6, 6.07) is 6.94. The fourth-order valence-corrected chi connectivity index (χ4v) is 2.82. The predicted molar refractivity (Wildman–Crippen MR) is 84.2 cm³/mol. The van der Waals surface area contributed by atoms with Crippen LogP contribution in [0.4, 0.5) is 0 Å². The van der Waals surface area contributed by atoms with Crippen LogP contribution in [0, 0.1) is 6.92 Å². The van der Waals surface area contributed by atoms with Crippen molar-refractivity contribution in [2.24, 2.45) is 0 Å². The van der Waals surface area contributed by atoms with E-state index in [1.165, 1.54) is 0 Å². The van der Waals surface area contributed by atoms with Crippen LogP contribution in [0.2, 0.25) is 0 Å². The minimum atomic E-state index is -3.17. The van der Waals surface area contributed by atoms with Gasteiger partial charge >= 0.3 is 0 Å². The number of sulfone groups is 1. The third kappa shape index (κ3) is 4.70. The van der Waals surface area contributed by atoms with Crippen molar-refractivity contribution >= 4 is 55.0 Å². The van der Waals surface area contributed by atoms with E-state index in [1.54, 1.807) is 18.2 Å². The van der Waals surface area contributed by atoms with E-state index < -0.39 is 9.84 Å². The molecule has 0 fully saturated rings. The SMILES string of the molecule is Cc1ccc(S(=O)(=O)CC=CC(I)I)cc1. The van der Waals surface area contributed by atoms with Crippen LogP contribution in [0.25, 0.3) is 0 Å². The smallest absolute Gasteiger partial charge is 0.181 e. The molecule has 16 heavy (non-hydrogen) atoms. The molecule has 1 rings (SSSR count). The number of rotatable bonds is 4. The first kappa shape index (κ1) is 14.4. The zero-order valence-electron chi connectivity index (χ0n) is 8.73. The molecule has 0 aromatic heterocycles. The highest BCUT2D eigenvalue weighted by Gasteiger charge is 2.11. The molecule has 0 aliphatic carbocycles. The third-order valence-electron chi connectivity index (χ3n) is 1.98. The van der Waals surface area contributed by atoms with Crippen molar-refractivity contribution < 1.29 is 8.42 Å². The number of alkyl halides is 2. The van der Waals surface area contributed by atoms with Gasteiger partial charge in [0.25, 0.3) is 0 Å². The molecule has 1 aromatic rings. The van der Waals surface area contributed by atoms with E-state index >= 15 is 0 Å². The Morgan fingerprint density at radius 1 is 1.25 bits per heavy atom. The van der Waals surface area contributed by atoms with Gasteiger partial charge in [-0.1, -0.05) is 75.0 Å². The molecule has 0 atom stereocenters. The Hall–Kier alpha value is 0.370. The summed E-state index contributed by atoms with van der Waals surface area (Å²) in [5.74, 6) is 0.0680. The van der Waals surface area contributed by atoms with E-state index in [9.17, 15) is 8.42 Å². The van der Waals surface area contributed by atoms with E-state index in [-0.39, 0.29) is 5.75 Å². The van der Waals surface area contributed by atoms with Crippen molar-refractivity contribution in [3.8, 4) is 0 Å². The highest BCUT2D eigenvalue weighted by Crippen LogP contribution is 2.14. The molecule has 88 valence electrons. The first-order chi connectivity index (χ1) is 7.42. The normalized spacial score (nSPS) is 12.5. The summed E-state index contributed by atoms with van der Waals surface area (Å²) in [4.78, 5) is 0.390. The largest absolute Gasteiger partial charge is 0.223 e. The molecule has 0 unspecified atom stereocenters. The first-order valence-electron chi connectivity index (χ1n) is 4.66. The van der Waals surface area contributed by atoms with E-state index in [4.69, 9.17) is 0 Å². The minimum absolute atomic E-state index is 0.0680. The number of hydrogen-bond donors (Lipinski definition) is 0. The number of benzene rings is 1. The Labute approximate surface area is 124 Å². The second-order valence-corrected chi connectivity index (χ2v) is 10.5. The molecule has 0 aliphatic rings. The van der Waals surface area contributed by atoms with Crippen molar-refractivity contribution in [3.05, 3.63) is 42.0 Å². The number of aryl methyl sites for hydroxylation is 1. The maximum Gasteiger partial charge on any atom is 0.181 e. The molecular formula is C11H12I2O2S. The highest BCUT2D eigenvalue weighted by atomic mass is 127. The van der Waals surface area contributed by atoms with Gasteiger partial charge in [-0.15, -0.1) is 0 Å². The fraction of sp³-hybridized carbons (Fsp3) is 0.273. The topological polar surface area (TPSA) is 34.1 Å². The van der Waals surface area contributed by atoms with Crippen LogP contribution in [0.5, 0.6) is 0 Å². The molecule has 1 aromatic carbocycles. The summed E-state index contributed by atoms with van der Waals surface area (Å²) in [6.45, 7) is 1.94. The average molecular weight is 462 g/mol. The Bertz CT molecular complexity index is 461. The van der Waals surface area contributed by atoms with Crippen LogP contribution in [-0.4, -0.2) is 16.1 Å². The lowest BCUT2D eigenvalue weighted by Crippen LogP contribution is -2.04. The van der Waals surface area contributed by atoms with Crippen LogP contribution in [0.15, 0.2) is 41.3 Å². The molecule has 0 saturated carbocycles. The van der Waals surface area contributed by atoms with Crippen molar-refractivity contribution in [1.29, 1.82) is 0 Å². The summed E-state index contributed by atoms with van der Waals surface area (Å²) < 4.78 is 24.1. The van der Waals surface area contributed by atoms with Crippen LogP contribution in [-0.2, 0) is 9.84 Å². The van der Waals surface area contributed by atoms with Gasteiger partial charge in [-0.05, 0) is 19.1 Å². The van der Waals surface area contributed by atoms with E-state index in [1.807, 2.05) is 25.1 Å². The second-order valence-electron chi connectivity index (χ2n) is 3.36. The average Bonchev–Trinajstić information content (AvgIpc) is 2.17. The Kier molecular flexibility index (Phi) is 5.72. The van der Waals surface area contributed by atoms with Gasteiger partial charge in [-0.25, -0.2) is 8.42 Å². The lowest BCUT2D eigenvalue weighted by Gasteiger charge is -2.01. The molecule has 0 aliphatic heterocycles. The zero-order chi connectivity index (χ0) is 12.2. The van der Waals surface area contributed by atoms with E-state index in [0.717, 1.165) is 5.56 Å². The molecule has 0 bridgehead atoms. The van der Waals surface area contributed by atoms with E-state index in [2.05, 4.69) is 45.2 Å². The predicted octanol–water partition coefficient (Wildman–Crippen LogP) is 3.52. The minimum Gasteiger partial charge on any atom is -0.223 e. The standard InChI is InChI=1S/C11H12I2O2S/c1-9-4-6-10(7-5-9)16(14,15)8-2-3-11(12)13/h2-7,11H,8H2,1H3. The van der Waals surface area contributed by atoms with Crippen molar-refractivity contribution in [3.63, 3.8) is 0 Å². The molecular weight excluding hydrogens is 450 g/mol. The molecule has 0 spiro atoms. The van der Waals surface area contributed by atoms with Crippen LogP contribution < -0.4 is 0 Å². The van der Waals surface area contributed by atoms with Gasteiger partial charge in [0.1, 0.15) is 0 Å². The molecule has 2 nitrogen and oxygen atoms in total. The second kappa shape index (κ2) is 6.34. The monoisotopic (exact) mass is 462 g/mol. The summed E-state index contributed by atoms with van der Waals surface area (Å²) in [5.41, 5.74) is 1.06. The van der Waals surface area contributed by atoms with Gasteiger partial charge in [0, 0.05) is 0 Å². The van der Waals surface area contributed by atoms with Gasteiger partial charge in [-0.3, -0.25) is 0 Å².